The lowest BCUT2D eigenvalue weighted by atomic mass is 10.1. The Balaban J connectivity index is 1.64. The van der Waals surface area contributed by atoms with Crippen LogP contribution >= 0.6 is 0 Å². The zero-order valence-electron chi connectivity index (χ0n) is 16.1. The molecule has 0 fully saturated rings. The van der Waals surface area contributed by atoms with Gasteiger partial charge in [0.2, 0.25) is 11.7 Å². The first-order valence-electron chi connectivity index (χ1n) is 9.03. The largest absolute Gasteiger partial charge is 0.481 e. The summed E-state index contributed by atoms with van der Waals surface area (Å²) in [5.41, 5.74) is 1.99. The van der Waals surface area contributed by atoms with Crippen molar-refractivity contribution >= 4 is 5.91 Å². The molecule has 1 heterocycles. The summed E-state index contributed by atoms with van der Waals surface area (Å²) in [6.07, 6.45) is -0.214. The third kappa shape index (κ3) is 4.73. The van der Waals surface area contributed by atoms with Crippen LogP contribution in [0, 0.1) is 12.7 Å². The van der Waals surface area contributed by atoms with E-state index in [4.69, 9.17) is 9.26 Å². The van der Waals surface area contributed by atoms with Crippen molar-refractivity contribution in [1.29, 1.82) is 0 Å². The van der Waals surface area contributed by atoms with Gasteiger partial charge in [0.05, 0.1) is 6.54 Å². The molecule has 1 atom stereocenters. The molecule has 28 heavy (non-hydrogen) atoms. The number of aromatic nitrogens is 2. The smallest absolute Gasteiger partial charge is 0.263 e. The van der Waals surface area contributed by atoms with E-state index in [1.165, 1.54) is 29.2 Å². The van der Waals surface area contributed by atoms with Gasteiger partial charge in [-0.05, 0) is 37.6 Å². The highest BCUT2D eigenvalue weighted by atomic mass is 19.1. The van der Waals surface area contributed by atoms with Gasteiger partial charge < -0.3 is 14.2 Å². The van der Waals surface area contributed by atoms with Crippen LogP contribution in [0.15, 0.2) is 53.1 Å². The molecule has 146 valence electrons. The molecule has 3 aromatic rings. The Kier molecular flexibility index (Phi) is 6.03. The monoisotopic (exact) mass is 383 g/mol. The molecule has 1 amide bonds. The number of hydrogen-bond donors (Lipinski definition) is 0. The average Bonchev–Trinajstić information content (AvgIpc) is 3.16. The summed E-state index contributed by atoms with van der Waals surface area (Å²) in [7, 11) is 1.65. The second kappa shape index (κ2) is 8.65. The van der Waals surface area contributed by atoms with Crippen molar-refractivity contribution < 1.29 is 18.4 Å². The number of rotatable bonds is 7. The molecule has 3 rings (SSSR count). The number of benzene rings is 2. The summed E-state index contributed by atoms with van der Waals surface area (Å²) in [5.74, 6) is 0.675. The van der Waals surface area contributed by atoms with Crippen LogP contribution in [-0.4, -0.2) is 34.1 Å². The van der Waals surface area contributed by atoms with Gasteiger partial charge in [-0.2, -0.15) is 4.98 Å². The summed E-state index contributed by atoms with van der Waals surface area (Å²) in [6, 6.07) is 13.4. The van der Waals surface area contributed by atoms with Crippen molar-refractivity contribution in [3.63, 3.8) is 0 Å². The maximum absolute atomic E-state index is 13.0. The molecule has 0 aliphatic heterocycles. The molecule has 0 N–H and O–H groups in total. The fraction of sp³-hybridized carbons (Fsp3) is 0.286. The Hall–Kier alpha value is -3.22. The molecule has 0 aliphatic rings. The van der Waals surface area contributed by atoms with E-state index in [0.29, 0.717) is 23.9 Å². The van der Waals surface area contributed by atoms with Crippen molar-refractivity contribution in [2.45, 2.75) is 32.9 Å². The maximum Gasteiger partial charge on any atom is 0.263 e. The molecule has 0 spiro atoms. The number of hydrogen-bond acceptors (Lipinski definition) is 5. The maximum atomic E-state index is 13.0. The van der Waals surface area contributed by atoms with Gasteiger partial charge in [0, 0.05) is 12.6 Å². The Morgan fingerprint density at radius 3 is 2.50 bits per heavy atom. The Labute approximate surface area is 162 Å². The number of nitrogens with zero attached hydrogens (tertiary/aromatic N) is 3. The minimum atomic E-state index is -0.685. The first-order valence-corrected chi connectivity index (χ1v) is 9.03. The first kappa shape index (κ1) is 19.5. The van der Waals surface area contributed by atoms with Crippen LogP contribution in [0.25, 0.3) is 11.4 Å². The molecule has 0 unspecified atom stereocenters. The standard InChI is InChI=1S/C21H22FN3O3/c1-4-18(27-17-11-9-16(22)10-12-17)21(26)25(3)13-19-23-20(24-28-19)15-7-5-14(2)6-8-15/h5-12,18H,4,13H2,1-3H3/t18-/m1/s1. The zero-order chi connectivity index (χ0) is 20.1. The topological polar surface area (TPSA) is 68.5 Å². The van der Waals surface area contributed by atoms with Crippen LogP contribution in [0.4, 0.5) is 4.39 Å². The normalized spacial score (nSPS) is 11.9. The summed E-state index contributed by atoms with van der Waals surface area (Å²) in [4.78, 5) is 18.5. The molecule has 0 saturated heterocycles. The van der Waals surface area contributed by atoms with Gasteiger partial charge in [0.25, 0.3) is 5.91 Å². The molecular formula is C21H22FN3O3. The fourth-order valence-electron chi connectivity index (χ4n) is 2.65. The van der Waals surface area contributed by atoms with Gasteiger partial charge in [0.15, 0.2) is 6.10 Å². The van der Waals surface area contributed by atoms with Gasteiger partial charge >= 0.3 is 0 Å². The number of aryl methyl sites for hydroxylation is 1. The third-order valence-corrected chi connectivity index (χ3v) is 4.26. The lowest BCUT2D eigenvalue weighted by Gasteiger charge is -2.22. The van der Waals surface area contributed by atoms with E-state index in [0.717, 1.165) is 11.1 Å². The van der Waals surface area contributed by atoms with Crippen LogP contribution in [-0.2, 0) is 11.3 Å². The minimum absolute atomic E-state index is 0.168. The number of halogens is 1. The predicted molar refractivity (Wildman–Crippen MR) is 102 cm³/mol. The highest BCUT2D eigenvalue weighted by molar-refractivity contribution is 5.80. The SMILES string of the molecule is CC[C@@H](Oc1ccc(F)cc1)C(=O)N(C)Cc1nc(-c2ccc(C)cc2)no1. The summed E-state index contributed by atoms with van der Waals surface area (Å²) in [6.45, 7) is 4.02. The number of ether oxygens (including phenoxy) is 1. The Morgan fingerprint density at radius 2 is 1.86 bits per heavy atom. The second-order valence-corrected chi connectivity index (χ2v) is 6.54. The highest BCUT2D eigenvalue weighted by Crippen LogP contribution is 2.18. The number of amides is 1. The molecule has 6 nitrogen and oxygen atoms in total. The molecule has 0 aliphatic carbocycles. The van der Waals surface area contributed by atoms with E-state index >= 15 is 0 Å². The van der Waals surface area contributed by atoms with Crippen LogP contribution in [0.1, 0.15) is 24.8 Å². The first-order chi connectivity index (χ1) is 13.5. The fourth-order valence-corrected chi connectivity index (χ4v) is 2.65. The van der Waals surface area contributed by atoms with Crippen molar-refractivity contribution in [2.75, 3.05) is 7.05 Å². The van der Waals surface area contributed by atoms with E-state index in [2.05, 4.69) is 10.1 Å². The molecule has 1 aromatic heterocycles. The van der Waals surface area contributed by atoms with Gasteiger partial charge in [-0.25, -0.2) is 4.39 Å². The zero-order valence-corrected chi connectivity index (χ0v) is 16.1. The number of carbonyl (C=O) groups excluding carboxylic acids is 1. The predicted octanol–water partition coefficient (Wildman–Crippen LogP) is 4.00. The molecular weight excluding hydrogens is 361 g/mol. The highest BCUT2D eigenvalue weighted by Gasteiger charge is 2.24. The van der Waals surface area contributed by atoms with Crippen LogP contribution < -0.4 is 4.74 Å². The third-order valence-electron chi connectivity index (χ3n) is 4.26. The van der Waals surface area contributed by atoms with Gasteiger partial charge in [-0.1, -0.05) is 41.9 Å². The van der Waals surface area contributed by atoms with Crippen molar-refractivity contribution in [3.05, 3.63) is 65.8 Å². The second-order valence-electron chi connectivity index (χ2n) is 6.54. The summed E-state index contributed by atoms with van der Waals surface area (Å²) < 4.78 is 24.0. The van der Waals surface area contributed by atoms with E-state index in [1.54, 1.807) is 7.05 Å². The van der Waals surface area contributed by atoms with E-state index in [1.807, 2.05) is 38.1 Å². The summed E-state index contributed by atoms with van der Waals surface area (Å²) >= 11 is 0. The van der Waals surface area contributed by atoms with Crippen molar-refractivity contribution in [3.8, 4) is 17.1 Å². The van der Waals surface area contributed by atoms with Crippen LogP contribution in [0.2, 0.25) is 0 Å². The summed E-state index contributed by atoms with van der Waals surface area (Å²) in [5, 5.41) is 3.98. The molecule has 0 bridgehead atoms. The quantitative estimate of drug-likeness (QED) is 0.617. The van der Waals surface area contributed by atoms with Gasteiger partial charge in [0.1, 0.15) is 11.6 Å². The molecule has 7 heteroatoms. The Bertz CT molecular complexity index is 923. The lowest BCUT2D eigenvalue weighted by Crippen LogP contribution is -2.39. The Morgan fingerprint density at radius 1 is 1.18 bits per heavy atom. The van der Waals surface area contributed by atoms with E-state index in [9.17, 15) is 9.18 Å². The van der Waals surface area contributed by atoms with Crippen molar-refractivity contribution in [2.24, 2.45) is 0 Å². The molecule has 2 aromatic carbocycles. The van der Waals surface area contributed by atoms with Crippen LogP contribution in [0.3, 0.4) is 0 Å². The van der Waals surface area contributed by atoms with Gasteiger partial charge in [-0.15, -0.1) is 0 Å². The van der Waals surface area contributed by atoms with E-state index in [-0.39, 0.29) is 18.3 Å². The van der Waals surface area contributed by atoms with Gasteiger partial charge in [-0.3, -0.25) is 4.79 Å². The molecule has 0 radical (unpaired) electrons. The molecule has 0 saturated carbocycles. The lowest BCUT2D eigenvalue weighted by molar-refractivity contribution is -0.138. The van der Waals surface area contributed by atoms with Crippen LogP contribution in [0.5, 0.6) is 5.75 Å². The van der Waals surface area contributed by atoms with Crippen molar-refractivity contribution in [1.82, 2.24) is 15.0 Å². The number of likely N-dealkylation sites (N-methyl/N-ethyl adjacent to an activating group) is 1. The minimum Gasteiger partial charge on any atom is -0.481 e. The average molecular weight is 383 g/mol. The van der Waals surface area contributed by atoms with E-state index < -0.39 is 6.10 Å². The number of carbonyl (C=O) groups is 1.